The van der Waals surface area contributed by atoms with Gasteiger partial charge in [-0.2, -0.15) is 0 Å². The minimum Gasteiger partial charge on any atom is -0.507 e. The Hall–Kier alpha value is -3.25. The maximum absolute atomic E-state index is 13.3. The molecule has 15 nitrogen and oxygen atoms in total. The minimum absolute atomic E-state index is 0.0441. The largest absolute Gasteiger partial charge is 0.507 e. The number of fused-ring (bicyclic) bond motifs is 2. The number of phenolic OH excluding ortho intramolecular Hbond substituents is 3. The zero-order valence-corrected chi connectivity index (χ0v) is 20.9. The molecule has 9 N–H and O–H groups in total. The molecule has 5 rings (SSSR count). The van der Waals surface area contributed by atoms with Gasteiger partial charge in [0.1, 0.15) is 70.3 Å². The van der Waals surface area contributed by atoms with E-state index >= 15 is 0 Å². The van der Waals surface area contributed by atoms with Gasteiger partial charge in [0.05, 0.1) is 37.9 Å². The summed E-state index contributed by atoms with van der Waals surface area (Å²) in [5.41, 5.74) is -3.60. The summed E-state index contributed by atoms with van der Waals surface area (Å²) in [6.07, 6.45) is -11.8. The van der Waals surface area contributed by atoms with Crippen LogP contribution in [0, 0.1) is 0 Å². The summed E-state index contributed by atoms with van der Waals surface area (Å²) in [6.45, 7) is -1.84. The number of hydrogen-bond donors (Lipinski definition) is 9. The number of methoxy groups -OCH3 is 1. The quantitative estimate of drug-likeness (QED) is 0.147. The molecule has 3 heterocycles. The molecule has 0 radical (unpaired) electrons. The van der Waals surface area contributed by atoms with Gasteiger partial charge in [-0.1, -0.05) is 0 Å². The third kappa shape index (κ3) is 4.41. The van der Waals surface area contributed by atoms with Gasteiger partial charge in [-0.3, -0.25) is 4.79 Å². The lowest BCUT2D eigenvalue weighted by molar-refractivity contribution is -0.253. The van der Waals surface area contributed by atoms with Crippen LogP contribution in [0.3, 0.4) is 0 Å². The summed E-state index contributed by atoms with van der Waals surface area (Å²) in [5.74, 6) is -1.90. The molecule has 0 spiro atoms. The van der Waals surface area contributed by atoms with E-state index in [0.717, 1.165) is 12.1 Å². The predicted octanol–water partition coefficient (Wildman–Crippen LogP) is -1.95. The number of benzene rings is 2. The fraction of sp³-hybridized carbons (Fsp3) is 0.480. The lowest BCUT2D eigenvalue weighted by Crippen LogP contribution is -2.56. The zero-order chi connectivity index (χ0) is 29.1. The fourth-order valence-corrected chi connectivity index (χ4v) is 4.91. The highest BCUT2D eigenvalue weighted by atomic mass is 16.7. The Labute approximate surface area is 224 Å². The summed E-state index contributed by atoms with van der Waals surface area (Å²) in [7, 11) is 1.27. The van der Waals surface area contributed by atoms with Crippen molar-refractivity contribution in [1.82, 2.24) is 0 Å². The predicted molar refractivity (Wildman–Crippen MR) is 131 cm³/mol. The number of aliphatic hydroxyl groups is 6. The standard InChI is InChI=1S/C25H28O15/c1-36-12-2-8-11(3-9(12)27)39-13-4-10(28)15(19(31)16(13)17(8)29)22-21(33)20(32)18(30)14(40-22)5-37-24-23(34)25(35,6-26)7-38-24/h2-4,14,18,20-24,26-28,30-35H,5-7H2,1H3/t14-,18-,20+,21-,22+,23+,24-,25-/m1/s1. The number of rotatable bonds is 6. The van der Waals surface area contributed by atoms with Crippen LogP contribution in [0.4, 0.5) is 0 Å². The summed E-state index contributed by atoms with van der Waals surface area (Å²) in [6, 6.07) is 3.29. The lowest BCUT2D eigenvalue weighted by Gasteiger charge is -2.41. The molecule has 218 valence electrons. The molecule has 0 bridgehead atoms. The first-order valence-electron chi connectivity index (χ1n) is 12.1. The van der Waals surface area contributed by atoms with Crippen LogP contribution in [0.25, 0.3) is 21.9 Å². The van der Waals surface area contributed by atoms with E-state index in [9.17, 15) is 50.8 Å². The van der Waals surface area contributed by atoms with Crippen LogP contribution in [0.2, 0.25) is 0 Å². The highest BCUT2D eigenvalue weighted by molar-refractivity contribution is 5.96. The van der Waals surface area contributed by atoms with Gasteiger partial charge >= 0.3 is 0 Å². The summed E-state index contributed by atoms with van der Waals surface area (Å²) in [5, 5.41) is 92.6. The van der Waals surface area contributed by atoms with Crippen LogP contribution >= 0.6 is 0 Å². The van der Waals surface area contributed by atoms with Gasteiger partial charge in [-0.05, 0) is 6.07 Å². The van der Waals surface area contributed by atoms with E-state index < -0.39 is 96.2 Å². The number of ether oxygens (including phenoxy) is 4. The van der Waals surface area contributed by atoms with E-state index in [-0.39, 0.29) is 28.1 Å². The number of aliphatic hydroxyl groups excluding tert-OH is 5. The molecule has 0 unspecified atom stereocenters. The number of hydrogen-bond acceptors (Lipinski definition) is 15. The van der Waals surface area contributed by atoms with Crippen molar-refractivity contribution in [3.05, 3.63) is 34.0 Å². The van der Waals surface area contributed by atoms with Crippen molar-refractivity contribution in [3.63, 3.8) is 0 Å². The first kappa shape index (κ1) is 28.3. The summed E-state index contributed by atoms with van der Waals surface area (Å²) < 4.78 is 26.8. The molecule has 40 heavy (non-hydrogen) atoms. The Kier molecular flexibility index (Phi) is 7.28. The number of phenols is 3. The smallest absolute Gasteiger partial charge is 0.204 e. The van der Waals surface area contributed by atoms with E-state index in [2.05, 4.69) is 0 Å². The molecule has 2 aromatic carbocycles. The van der Waals surface area contributed by atoms with Gasteiger partial charge in [-0.15, -0.1) is 0 Å². The zero-order valence-electron chi connectivity index (χ0n) is 20.9. The summed E-state index contributed by atoms with van der Waals surface area (Å²) >= 11 is 0. The normalized spacial score (nSPS) is 32.6. The molecule has 15 heteroatoms. The van der Waals surface area contributed by atoms with E-state index in [4.69, 9.17) is 23.4 Å². The highest BCUT2D eigenvalue weighted by Gasteiger charge is 2.50. The fourth-order valence-electron chi connectivity index (χ4n) is 4.91. The summed E-state index contributed by atoms with van der Waals surface area (Å²) in [4.78, 5) is 13.3. The third-order valence-electron chi connectivity index (χ3n) is 7.26. The molecule has 2 aliphatic heterocycles. The van der Waals surface area contributed by atoms with Crippen LogP contribution in [0.5, 0.6) is 23.0 Å². The second-order valence-electron chi connectivity index (χ2n) is 9.77. The van der Waals surface area contributed by atoms with Crippen molar-refractivity contribution in [1.29, 1.82) is 0 Å². The molecule has 2 aliphatic rings. The molecular weight excluding hydrogens is 540 g/mol. The Morgan fingerprint density at radius 3 is 2.35 bits per heavy atom. The molecule has 0 amide bonds. The van der Waals surface area contributed by atoms with E-state index in [1.165, 1.54) is 13.2 Å². The van der Waals surface area contributed by atoms with Gasteiger partial charge < -0.3 is 69.3 Å². The molecule has 1 aromatic heterocycles. The van der Waals surface area contributed by atoms with Gasteiger partial charge in [0.15, 0.2) is 17.8 Å². The van der Waals surface area contributed by atoms with Gasteiger partial charge in [0, 0.05) is 12.1 Å². The molecular formula is C25H28O15. The van der Waals surface area contributed by atoms with Crippen molar-refractivity contribution >= 4 is 21.9 Å². The second-order valence-corrected chi connectivity index (χ2v) is 9.77. The van der Waals surface area contributed by atoms with Crippen LogP contribution < -0.4 is 10.2 Å². The van der Waals surface area contributed by atoms with E-state index in [1.807, 2.05) is 0 Å². The minimum atomic E-state index is -1.98. The Morgan fingerprint density at radius 2 is 1.70 bits per heavy atom. The highest BCUT2D eigenvalue weighted by Crippen LogP contribution is 2.45. The third-order valence-corrected chi connectivity index (χ3v) is 7.26. The SMILES string of the molecule is COc1cc2c(=O)c3c(O)c([C@@H]4O[C@H](CO[C@@H]5OC[C@](O)(CO)[C@H]5O)[C@@H](O)[C@H](O)[C@H]4O)c(O)cc3oc2cc1O. The second kappa shape index (κ2) is 10.3. The molecule has 8 atom stereocenters. The van der Waals surface area contributed by atoms with Crippen molar-refractivity contribution < 1.29 is 69.3 Å². The van der Waals surface area contributed by atoms with Crippen LogP contribution in [0.1, 0.15) is 11.7 Å². The van der Waals surface area contributed by atoms with E-state index in [0.29, 0.717) is 0 Å². The first-order valence-corrected chi connectivity index (χ1v) is 12.1. The monoisotopic (exact) mass is 568 g/mol. The van der Waals surface area contributed by atoms with E-state index in [1.54, 1.807) is 0 Å². The van der Waals surface area contributed by atoms with Crippen LogP contribution in [-0.4, -0.2) is 115 Å². The Bertz CT molecular complexity index is 1490. The van der Waals surface area contributed by atoms with Gasteiger partial charge in [0.2, 0.25) is 5.43 Å². The van der Waals surface area contributed by atoms with Gasteiger partial charge in [0.25, 0.3) is 0 Å². The lowest BCUT2D eigenvalue weighted by atomic mass is 9.89. The number of aromatic hydroxyl groups is 3. The van der Waals surface area contributed by atoms with Crippen LogP contribution in [0.15, 0.2) is 27.4 Å². The maximum Gasteiger partial charge on any atom is 0.204 e. The maximum atomic E-state index is 13.3. The molecule has 2 fully saturated rings. The van der Waals surface area contributed by atoms with Crippen LogP contribution in [-0.2, 0) is 14.2 Å². The first-order chi connectivity index (χ1) is 18.9. The van der Waals surface area contributed by atoms with Crippen molar-refractivity contribution in [2.45, 2.75) is 48.5 Å². The molecule has 2 saturated heterocycles. The average molecular weight is 568 g/mol. The Balaban J connectivity index is 1.51. The topological polar surface area (TPSA) is 249 Å². The molecule has 0 saturated carbocycles. The molecule has 0 aliphatic carbocycles. The van der Waals surface area contributed by atoms with Gasteiger partial charge in [-0.25, -0.2) is 0 Å². The average Bonchev–Trinajstić information content (AvgIpc) is 3.21. The van der Waals surface area contributed by atoms with Crippen molar-refractivity contribution in [2.75, 3.05) is 26.9 Å². The molecule has 3 aromatic rings. The Morgan fingerprint density at radius 1 is 1.00 bits per heavy atom. The van der Waals surface area contributed by atoms with Crippen molar-refractivity contribution in [2.24, 2.45) is 0 Å². The van der Waals surface area contributed by atoms with Crippen molar-refractivity contribution in [3.8, 4) is 23.0 Å².